The lowest BCUT2D eigenvalue weighted by Gasteiger charge is -2.28. The minimum absolute atomic E-state index is 0.0478. The van der Waals surface area contributed by atoms with E-state index in [0.717, 1.165) is 22.3 Å². The van der Waals surface area contributed by atoms with Crippen molar-refractivity contribution < 1.29 is 14.6 Å². The summed E-state index contributed by atoms with van der Waals surface area (Å²) in [7, 11) is 0. The van der Waals surface area contributed by atoms with Gasteiger partial charge in [0.2, 0.25) is 0 Å². The average Bonchev–Trinajstić information content (AvgIpc) is 3.18. The molecule has 2 N–H and O–H groups in total. The number of nitrogens with zero attached hydrogens (tertiary/aromatic N) is 1. The first-order valence-electron chi connectivity index (χ1n) is 13.8. The standard InChI is InChI=1S/C34H42N2O3/c1-33(2,3)27-17-25(18-28(31(27)38)34(4,5)6)29(37)20-36-19-26(22-39-21-23-13-9-7-10-14-23)30(32(36)35)24-15-11-8-12-16-24/h7-18,26,30,35,38H,19-22H2,1-6H3. The lowest BCUT2D eigenvalue weighted by molar-refractivity contribution is 0.0826. The van der Waals surface area contributed by atoms with Gasteiger partial charge < -0.3 is 14.7 Å². The molecule has 1 fully saturated rings. The molecule has 206 valence electrons. The van der Waals surface area contributed by atoms with Gasteiger partial charge in [-0.15, -0.1) is 0 Å². The second-order valence-electron chi connectivity index (χ2n) is 12.8. The summed E-state index contributed by atoms with van der Waals surface area (Å²) in [5.74, 6) is 0.596. The number of phenolic OH excluding ortho intramolecular Hbond substituents is 1. The number of amidine groups is 1. The molecule has 5 heteroatoms. The highest BCUT2D eigenvalue weighted by atomic mass is 16.5. The van der Waals surface area contributed by atoms with Gasteiger partial charge in [0, 0.05) is 35.1 Å². The molecule has 5 nitrogen and oxygen atoms in total. The number of hydrogen-bond acceptors (Lipinski definition) is 4. The van der Waals surface area contributed by atoms with Gasteiger partial charge in [0.15, 0.2) is 5.78 Å². The summed E-state index contributed by atoms with van der Waals surface area (Å²) < 4.78 is 6.13. The zero-order chi connectivity index (χ0) is 28.4. The maximum Gasteiger partial charge on any atom is 0.182 e. The molecule has 1 heterocycles. The van der Waals surface area contributed by atoms with E-state index in [0.29, 0.717) is 31.2 Å². The van der Waals surface area contributed by atoms with E-state index < -0.39 is 0 Å². The fraction of sp³-hybridized carbons (Fsp3) is 0.412. The molecule has 0 spiro atoms. The molecular formula is C34H42N2O3. The lowest BCUT2D eigenvalue weighted by Crippen LogP contribution is -2.32. The number of nitrogens with one attached hydrogen (secondary N) is 1. The molecule has 2 unspecified atom stereocenters. The van der Waals surface area contributed by atoms with E-state index in [4.69, 9.17) is 10.1 Å². The van der Waals surface area contributed by atoms with Gasteiger partial charge in [-0.25, -0.2) is 0 Å². The molecule has 1 aliphatic rings. The van der Waals surface area contributed by atoms with Crippen LogP contribution in [0.5, 0.6) is 5.75 Å². The third-order valence-electron chi connectivity index (χ3n) is 7.55. The Labute approximate surface area is 233 Å². The molecule has 0 aromatic heterocycles. The van der Waals surface area contributed by atoms with Crippen LogP contribution in [0.2, 0.25) is 0 Å². The van der Waals surface area contributed by atoms with Crippen LogP contribution >= 0.6 is 0 Å². The Bertz CT molecular complexity index is 1270. The van der Waals surface area contributed by atoms with Crippen molar-refractivity contribution in [1.82, 2.24) is 4.90 Å². The Kier molecular flexibility index (Phi) is 8.31. The Balaban J connectivity index is 1.57. The van der Waals surface area contributed by atoms with Gasteiger partial charge in [-0.05, 0) is 34.1 Å². The Hall–Kier alpha value is -3.44. The van der Waals surface area contributed by atoms with Crippen molar-refractivity contribution in [3.63, 3.8) is 0 Å². The zero-order valence-corrected chi connectivity index (χ0v) is 24.1. The van der Waals surface area contributed by atoms with Crippen LogP contribution < -0.4 is 0 Å². The highest BCUT2D eigenvalue weighted by Gasteiger charge is 2.39. The quantitative estimate of drug-likeness (QED) is 0.308. The zero-order valence-electron chi connectivity index (χ0n) is 24.1. The van der Waals surface area contributed by atoms with Crippen LogP contribution in [0.25, 0.3) is 0 Å². The van der Waals surface area contributed by atoms with E-state index >= 15 is 0 Å². The minimum Gasteiger partial charge on any atom is -0.507 e. The first-order valence-corrected chi connectivity index (χ1v) is 13.8. The van der Waals surface area contributed by atoms with Crippen LogP contribution in [0.3, 0.4) is 0 Å². The molecule has 3 aromatic rings. The van der Waals surface area contributed by atoms with Crippen LogP contribution in [0.1, 0.15) is 80.1 Å². The van der Waals surface area contributed by atoms with Gasteiger partial charge in [-0.1, -0.05) is 102 Å². The van der Waals surface area contributed by atoms with Crippen molar-refractivity contribution in [2.45, 2.75) is 64.9 Å². The van der Waals surface area contributed by atoms with Gasteiger partial charge in [0.25, 0.3) is 0 Å². The highest BCUT2D eigenvalue weighted by molar-refractivity contribution is 6.01. The molecule has 0 aliphatic carbocycles. The molecule has 1 aliphatic heterocycles. The number of ether oxygens (including phenoxy) is 1. The third-order valence-corrected chi connectivity index (χ3v) is 7.55. The maximum absolute atomic E-state index is 13.7. The van der Waals surface area contributed by atoms with Crippen molar-refractivity contribution >= 4 is 11.6 Å². The molecule has 0 radical (unpaired) electrons. The summed E-state index contributed by atoms with van der Waals surface area (Å²) in [6.45, 7) is 14.0. The normalized spacial score (nSPS) is 18.0. The van der Waals surface area contributed by atoms with Gasteiger partial charge in [-0.2, -0.15) is 0 Å². The van der Waals surface area contributed by atoms with Crippen molar-refractivity contribution in [3.8, 4) is 5.75 Å². The number of likely N-dealkylation sites (tertiary alicyclic amines) is 1. The number of hydrogen-bond donors (Lipinski definition) is 2. The molecule has 1 saturated heterocycles. The summed E-state index contributed by atoms with van der Waals surface area (Å²) in [5.41, 5.74) is 3.66. The predicted octanol–water partition coefficient (Wildman–Crippen LogP) is 7.08. The first-order chi connectivity index (χ1) is 18.4. The van der Waals surface area contributed by atoms with E-state index in [1.165, 1.54) is 0 Å². The first kappa shape index (κ1) is 28.6. The number of Topliss-reactive ketones (excluding diaryl/α,β-unsaturated/α-hetero) is 1. The van der Waals surface area contributed by atoms with E-state index in [1.807, 2.05) is 107 Å². The second kappa shape index (κ2) is 11.4. The Morgan fingerprint density at radius 1 is 0.923 bits per heavy atom. The summed E-state index contributed by atoms with van der Waals surface area (Å²) in [6, 6.07) is 23.8. The Morgan fingerprint density at radius 2 is 1.46 bits per heavy atom. The van der Waals surface area contributed by atoms with Gasteiger partial charge in [0.05, 0.1) is 19.8 Å². The minimum atomic E-state index is -0.319. The summed E-state index contributed by atoms with van der Waals surface area (Å²) in [4.78, 5) is 15.6. The van der Waals surface area contributed by atoms with Crippen molar-refractivity contribution in [2.75, 3.05) is 19.7 Å². The second-order valence-corrected chi connectivity index (χ2v) is 12.8. The summed E-state index contributed by atoms with van der Waals surface area (Å²) in [5, 5.41) is 20.2. The van der Waals surface area contributed by atoms with Crippen LogP contribution in [0.15, 0.2) is 72.8 Å². The number of rotatable bonds is 8. The highest BCUT2D eigenvalue weighted by Crippen LogP contribution is 2.40. The van der Waals surface area contributed by atoms with Gasteiger partial charge in [-0.3, -0.25) is 10.2 Å². The van der Waals surface area contributed by atoms with Crippen LogP contribution in [-0.2, 0) is 22.2 Å². The monoisotopic (exact) mass is 526 g/mol. The number of aromatic hydroxyl groups is 1. The number of carbonyl (C=O) groups excluding carboxylic acids is 1. The van der Waals surface area contributed by atoms with E-state index in [-0.39, 0.29) is 40.7 Å². The topological polar surface area (TPSA) is 73.6 Å². The van der Waals surface area contributed by atoms with E-state index in [1.54, 1.807) is 0 Å². The van der Waals surface area contributed by atoms with Crippen molar-refractivity contribution in [2.24, 2.45) is 5.92 Å². The number of ketones is 1. The number of benzene rings is 3. The molecular weight excluding hydrogens is 484 g/mol. The number of phenols is 1. The summed E-state index contributed by atoms with van der Waals surface area (Å²) >= 11 is 0. The number of carbonyl (C=O) groups is 1. The predicted molar refractivity (Wildman–Crippen MR) is 158 cm³/mol. The van der Waals surface area contributed by atoms with Gasteiger partial charge >= 0.3 is 0 Å². The largest absolute Gasteiger partial charge is 0.507 e. The van der Waals surface area contributed by atoms with Gasteiger partial charge in [0.1, 0.15) is 11.6 Å². The Morgan fingerprint density at radius 3 is 2.00 bits per heavy atom. The van der Waals surface area contributed by atoms with Crippen LogP contribution in [0.4, 0.5) is 0 Å². The SMILES string of the molecule is CC(C)(C)c1cc(C(=O)CN2CC(COCc3ccccc3)C(c3ccccc3)C2=N)cc(C(C)(C)C)c1O. The van der Waals surface area contributed by atoms with Crippen LogP contribution in [0, 0.1) is 11.3 Å². The molecule has 0 amide bonds. The van der Waals surface area contributed by atoms with Crippen LogP contribution in [-0.4, -0.2) is 41.3 Å². The summed E-state index contributed by atoms with van der Waals surface area (Å²) in [6.07, 6.45) is 0. The van der Waals surface area contributed by atoms with E-state index in [9.17, 15) is 9.90 Å². The molecule has 0 bridgehead atoms. The molecule has 4 rings (SSSR count). The average molecular weight is 527 g/mol. The fourth-order valence-electron chi connectivity index (χ4n) is 5.40. The fourth-order valence-corrected chi connectivity index (χ4v) is 5.40. The van der Waals surface area contributed by atoms with Crippen molar-refractivity contribution in [1.29, 1.82) is 5.41 Å². The van der Waals surface area contributed by atoms with Crippen molar-refractivity contribution in [3.05, 3.63) is 101 Å². The lowest BCUT2D eigenvalue weighted by atomic mass is 9.78. The maximum atomic E-state index is 13.7. The molecule has 39 heavy (non-hydrogen) atoms. The smallest absolute Gasteiger partial charge is 0.182 e. The molecule has 0 saturated carbocycles. The molecule has 2 atom stereocenters. The molecule has 3 aromatic carbocycles. The van der Waals surface area contributed by atoms with E-state index in [2.05, 4.69) is 12.1 Å². The third kappa shape index (κ3) is 6.59.